The quantitative estimate of drug-likeness (QED) is 0.100. The fourth-order valence-corrected chi connectivity index (χ4v) is 5.56. The van der Waals surface area contributed by atoms with E-state index in [1.54, 1.807) is 10.7 Å². The van der Waals surface area contributed by atoms with Gasteiger partial charge in [0.15, 0.2) is 23.0 Å². The van der Waals surface area contributed by atoms with Crippen LogP contribution in [0.3, 0.4) is 0 Å². The predicted molar refractivity (Wildman–Crippen MR) is 175 cm³/mol. The van der Waals surface area contributed by atoms with E-state index in [1.807, 2.05) is 58.0 Å². The van der Waals surface area contributed by atoms with E-state index < -0.39 is 11.3 Å². The van der Waals surface area contributed by atoms with Gasteiger partial charge in [-0.05, 0) is 63.1 Å². The van der Waals surface area contributed by atoms with Crippen molar-refractivity contribution in [1.82, 2.24) is 19.8 Å². The van der Waals surface area contributed by atoms with E-state index in [4.69, 9.17) is 30.0 Å². The largest absolute Gasteiger partial charge is 0.491 e. The number of aromatic amines is 1. The Hall–Kier alpha value is -3.28. The van der Waals surface area contributed by atoms with E-state index in [-0.39, 0.29) is 5.92 Å². The zero-order chi connectivity index (χ0) is 31.5. The molecule has 0 aliphatic rings. The maximum atomic E-state index is 13.2. The van der Waals surface area contributed by atoms with Gasteiger partial charge in [-0.25, -0.2) is 4.98 Å². The van der Waals surface area contributed by atoms with Gasteiger partial charge in [-0.2, -0.15) is 8.84 Å². The van der Waals surface area contributed by atoms with Crippen LogP contribution in [0.15, 0.2) is 36.4 Å². The summed E-state index contributed by atoms with van der Waals surface area (Å²) in [5.74, 6) is 1.95. The van der Waals surface area contributed by atoms with Gasteiger partial charge in [0.2, 0.25) is 0 Å². The second-order valence-corrected chi connectivity index (χ2v) is 12.0. The summed E-state index contributed by atoms with van der Waals surface area (Å²) in [5.41, 5.74) is 3.72. The minimum atomic E-state index is -1.89. The molecule has 0 bridgehead atoms. The number of nitrogens with zero attached hydrogens (tertiary/aromatic N) is 3. The smallest absolute Gasteiger partial charge is 0.316 e. The molecule has 4 rings (SSSR count). The van der Waals surface area contributed by atoms with Gasteiger partial charge in [0.25, 0.3) is 0 Å². The third-order valence-corrected chi connectivity index (χ3v) is 8.38. The normalized spacial score (nSPS) is 12.8. The number of hydrogen-bond donors (Lipinski definition) is 2. The molecule has 2 atom stereocenters. The summed E-state index contributed by atoms with van der Waals surface area (Å²) in [4.78, 5) is 4.66. The lowest BCUT2D eigenvalue weighted by Gasteiger charge is -2.17. The van der Waals surface area contributed by atoms with Crippen LogP contribution in [0.1, 0.15) is 87.9 Å². The van der Waals surface area contributed by atoms with Crippen LogP contribution in [-0.4, -0.2) is 50.4 Å². The van der Waals surface area contributed by atoms with Crippen LogP contribution in [-0.2, 0) is 16.0 Å². The highest BCUT2D eigenvalue weighted by atomic mass is 35.5. The Kier molecular flexibility index (Phi) is 12.8. The number of aromatic nitrogens is 4. The molecule has 0 spiro atoms. The second-order valence-electron chi connectivity index (χ2n) is 10.8. The van der Waals surface area contributed by atoms with Crippen molar-refractivity contribution in [3.8, 4) is 17.2 Å². The maximum absolute atomic E-state index is 13.2. The number of fused-ring (bicyclic) bond motifs is 1. The first-order valence-corrected chi connectivity index (χ1v) is 16.8. The van der Waals surface area contributed by atoms with E-state index in [2.05, 4.69) is 26.8 Å². The molecular formula is C32H44ClN5O5S. The van der Waals surface area contributed by atoms with E-state index in [9.17, 15) is 4.21 Å². The number of aryl methyl sites for hydroxylation is 2. The van der Waals surface area contributed by atoms with Crippen LogP contribution < -0.4 is 18.4 Å². The molecule has 0 fully saturated rings. The topological polar surface area (TPSA) is 112 Å². The molecule has 2 heterocycles. The number of H-pyrrole nitrogens is 1. The van der Waals surface area contributed by atoms with Crippen molar-refractivity contribution < 1.29 is 22.6 Å². The van der Waals surface area contributed by atoms with Crippen molar-refractivity contribution in [2.75, 3.05) is 31.1 Å². The molecule has 2 unspecified atom stereocenters. The SMILES string of the molecule is CCCCCCCCOc1ccc(C)cc1OS(=O)Nc1ccc(OCCOCC)c(C(C)c2nc3c(Cl)c(C)[nH]n3n2)c1. The summed E-state index contributed by atoms with van der Waals surface area (Å²) in [6.07, 6.45) is 7.05. The molecule has 10 nitrogen and oxygen atoms in total. The van der Waals surface area contributed by atoms with Crippen molar-refractivity contribution in [1.29, 1.82) is 0 Å². The molecule has 0 aliphatic heterocycles. The van der Waals surface area contributed by atoms with Gasteiger partial charge in [-0.1, -0.05) is 63.6 Å². The second kappa shape index (κ2) is 16.7. The highest BCUT2D eigenvalue weighted by Gasteiger charge is 2.22. The molecule has 0 radical (unpaired) electrons. The number of rotatable bonds is 19. The Morgan fingerprint density at radius 2 is 1.70 bits per heavy atom. The van der Waals surface area contributed by atoms with E-state index >= 15 is 0 Å². The van der Waals surface area contributed by atoms with Gasteiger partial charge < -0.3 is 18.4 Å². The summed E-state index contributed by atoms with van der Waals surface area (Å²) >= 11 is 4.51. The average Bonchev–Trinajstić information content (AvgIpc) is 3.53. The van der Waals surface area contributed by atoms with Crippen molar-refractivity contribution in [3.63, 3.8) is 0 Å². The number of anilines is 1. The molecule has 0 amide bonds. The summed E-state index contributed by atoms with van der Waals surface area (Å²) in [6, 6.07) is 11.1. The van der Waals surface area contributed by atoms with E-state index in [0.29, 0.717) is 65.9 Å². The fraction of sp³-hybridized carbons (Fsp3) is 0.500. The van der Waals surface area contributed by atoms with Gasteiger partial charge in [-0.3, -0.25) is 9.82 Å². The number of nitrogens with one attached hydrogen (secondary N) is 2. The first-order chi connectivity index (χ1) is 21.3. The molecule has 0 saturated heterocycles. The molecule has 0 saturated carbocycles. The minimum Gasteiger partial charge on any atom is -0.491 e. The summed E-state index contributed by atoms with van der Waals surface area (Å²) < 4.78 is 41.1. The summed E-state index contributed by atoms with van der Waals surface area (Å²) in [7, 11) is 0. The third kappa shape index (κ3) is 9.12. The predicted octanol–water partition coefficient (Wildman–Crippen LogP) is 7.70. The standard InChI is InChI=1S/C32H44ClN5O5S/c1-6-8-9-10-11-12-17-41-28-15-13-22(3)20-29(28)43-44(39)37-25-14-16-27(42-19-18-40-7-2)26(21-25)23(4)31-34-32-30(33)24(5)35-38(32)36-31/h13-16,20-21,23,35,37H,6-12,17-19H2,1-5H3. The molecule has 12 heteroatoms. The van der Waals surface area contributed by atoms with Gasteiger partial charge in [0, 0.05) is 23.8 Å². The molecule has 44 heavy (non-hydrogen) atoms. The Balaban J connectivity index is 1.47. The first-order valence-electron chi connectivity index (χ1n) is 15.4. The molecule has 2 aromatic carbocycles. The van der Waals surface area contributed by atoms with Gasteiger partial charge in [0.1, 0.15) is 17.4 Å². The van der Waals surface area contributed by atoms with Gasteiger partial charge in [0.05, 0.1) is 18.9 Å². The van der Waals surface area contributed by atoms with Crippen LogP contribution in [0.2, 0.25) is 5.02 Å². The fourth-order valence-electron chi connectivity index (χ4n) is 4.75. The number of ether oxygens (including phenoxy) is 3. The van der Waals surface area contributed by atoms with Crippen molar-refractivity contribution in [2.45, 2.75) is 79.1 Å². The monoisotopic (exact) mass is 645 g/mol. The Labute approximate surface area is 267 Å². The van der Waals surface area contributed by atoms with Crippen LogP contribution in [0.4, 0.5) is 5.69 Å². The molecular weight excluding hydrogens is 602 g/mol. The summed E-state index contributed by atoms with van der Waals surface area (Å²) in [5, 5.41) is 8.22. The van der Waals surface area contributed by atoms with Crippen LogP contribution in [0, 0.1) is 13.8 Å². The average molecular weight is 646 g/mol. The highest BCUT2D eigenvalue weighted by molar-refractivity contribution is 7.82. The van der Waals surface area contributed by atoms with Crippen molar-refractivity contribution in [2.24, 2.45) is 0 Å². The highest BCUT2D eigenvalue weighted by Crippen LogP contribution is 2.35. The maximum Gasteiger partial charge on any atom is 0.316 e. The van der Waals surface area contributed by atoms with E-state index in [0.717, 1.165) is 29.7 Å². The number of hydrogen-bond acceptors (Lipinski definition) is 7. The molecule has 2 N–H and O–H groups in total. The van der Waals surface area contributed by atoms with Crippen LogP contribution >= 0.6 is 11.6 Å². The van der Waals surface area contributed by atoms with Gasteiger partial charge in [-0.15, -0.1) is 5.10 Å². The Morgan fingerprint density at radius 1 is 0.955 bits per heavy atom. The zero-order valence-electron chi connectivity index (χ0n) is 26.3. The van der Waals surface area contributed by atoms with Crippen LogP contribution in [0.5, 0.6) is 17.2 Å². The first kappa shape index (κ1) is 33.6. The summed E-state index contributed by atoms with van der Waals surface area (Å²) in [6.45, 7) is 12.0. The molecule has 0 aliphatic carbocycles. The number of benzene rings is 2. The van der Waals surface area contributed by atoms with Crippen molar-refractivity contribution in [3.05, 3.63) is 64.1 Å². The van der Waals surface area contributed by atoms with Crippen LogP contribution in [0.25, 0.3) is 5.65 Å². The lowest BCUT2D eigenvalue weighted by molar-refractivity contribution is 0.110. The lowest BCUT2D eigenvalue weighted by Crippen LogP contribution is -2.13. The molecule has 4 aromatic rings. The molecule has 240 valence electrons. The number of unbranched alkanes of at least 4 members (excludes halogenated alkanes) is 5. The third-order valence-electron chi connectivity index (χ3n) is 7.20. The van der Waals surface area contributed by atoms with Gasteiger partial charge >= 0.3 is 11.3 Å². The zero-order valence-corrected chi connectivity index (χ0v) is 27.9. The molecule has 2 aromatic heterocycles. The minimum absolute atomic E-state index is 0.267. The lowest BCUT2D eigenvalue weighted by atomic mass is 9.99. The number of halogens is 1. The van der Waals surface area contributed by atoms with Crippen molar-refractivity contribution >= 4 is 34.2 Å². The Morgan fingerprint density at radius 3 is 2.48 bits per heavy atom. The Bertz CT molecular complexity index is 1520. The van der Waals surface area contributed by atoms with E-state index in [1.165, 1.54) is 25.7 Å².